The van der Waals surface area contributed by atoms with Crippen LogP contribution in [-0.2, 0) is 4.79 Å². The summed E-state index contributed by atoms with van der Waals surface area (Å²) in [6, 6.07) is 0. The number of carboxylic acids is 1. The summed E-state index contributed by atoms with van der Waals surface area (Å²) in [6.45, 7) is 4.71. The molecule has 0 aromatic rings. The van der Waals surface area contributed by atoms with E-state index in [1.807, 2.05) is 0 Å². The predicted octanol–water partition coefficient (Wildman–Crippen LogP) is 5.61. The predicted molar refractivity (Wildman–Crippen MR) is 99.0 cm³/mol. The first-order chi connectivity index (χ1) is 12.0. The van der Waals surface area contributed by atoms with Crippen molar-refractivity contribution in [2.45, 2.75) is 78.1 Å². The Morgan fingerprint density at radius 1 is 0.960 bits per heavy atom. The lowest BCUT2D eigenvalue weighted by Crippen LogP contribution is -2.50. The molecular formula is C23H36O2. The lowest BCUT2D eigenvalue weighted by molar-refractivity contribution is -0.152. The Hall–Kier alpha value is -0.530. The third kappa shape index (κ3) is 2.31. The fourth-order valence-corrected chi connectivity index (χ4v) is 9.05. The van der Waals surface area contributed by atoms with Crippen LogP contribution < -0.4 is 0 Å². The molecule has 5 saturated carbocycles. The summed E-state index contributed by atoms with van der Waals surface area (Å²) in [7, 11) is 0. The summed E-state index contributed by atoms with van der Waals surface area (Å²) < 4.78 is 0. The molecule has 0 aromatic heterocycles. The van der Waals surface area contributed by atoms with Crippen LogP contribution in [0.2, 0.25) is 0 Å². The smallest absolute Gasteiger partial charge is 0.307 e. The molecule has 10 unspecified atom stereocenters. The molecule has 2 heteroatoms. The molecule has 0 heterocycles. The van der Waals surface area contributed by atoms with E-state index in [2.05, 4.69) is 13.8 Å². The number of rotatable bonds is 3. The van der Waals surface area contributed by atoms with E-state index >= 15 is 0 Å². The lowest BCUT2D eigenvalue weighted by Gasteiger charge is -2.57. The SMILES string of the molecule is CCCC1CCC2C(CCC3C2CCC2(C)C(C(=O)O)C4CC4C32)C1. The highest BCUT2D eigenvalue weighted by atomic mass is 16.4. The van der Waals surface area contributed by atoms with Gasteiger partial charge in [-0.25, -0.2) is 0 Å². The molecule has 0 spiro atoms. The first kappa shape index (κ1) is 16.6. The Labute approximate surface area is 153 Å². The van der Waals surface area contributed by atoms with Crippen LogP contribution in [0.1, 0.15) is 78.1 Å². The van der Waals surface area contributed by atoms with E-state index in [9.17, 15) is 9.90 Å². The molecule has 1 N–H and O–H groups in total. The monoisotopic (exact) mass is 344 g/mol. The summed E-state index contributed by atoms with van der Waals surface area (Å²) in [4.78, 5) is 12.0. The molecule has 0 saturated heterocycles. The number of carbonyl (C=O) groups is 1. The molecule has 140 valence electrons. The van der Waals surface area contributed by atoms with Crippen molar-refractivity contribution in [1.82, 2.24) is 0 Å². The molecule has 0 radical (unpaired) electrons. The van der Waals surface area contributed by atoms with Gasteiger partial charge in [-0.15, -0.1) is 0 Å². The Bertz CT molecular complexity index is 556. The molecule has 10 atom stereocenters. The first-order valence-electron chi connectivity index (χ1n) is 11.3. The summed E-state index contributed by atoms with van der Waals surface area (Å²) in [5, 5.41) is 9.88. The second-order valence-corrected chi connectivity index (χ2v) is 10.7. The number of carboxylic acid groups (broad SMARTS) is 1. The van der Waals surface area contributed by atoms with E-state index < -0.39 is 5.97 Å². The maximum Gasteiger partial charge on any atom is 0.307 e. The Balaban J connectivity index is 1.37. The topological polar surface area (TPSA) is 37.3 Å². The zero-order valence-electron chi connectivity index (χ0n) is 16.1. The highest BCUT2D eigenvalue weighted by molar-refractivity contribution is 5.73. The fraction of sp³-hybridized carbons (Fsp3) is 0.957. The molecule has 0 aromatic carbocycles. The minimum absolute atomic E-state index is 0.0264. The van der Waals surface area contributed by atoms with Crippen molar-refractivity contribution >= 4 is 5.97 Å². The van der Waals surface area contributed by atoms with Gasteiger partial charge in [0.2, 0.25) is 0 Å². The van der Waals surface area contributed by atoms with Crippen LogP contribution in [0.15, 0.2) is 0 Å². The van der Waals surface area contributed by atoms with E-state index in [-0.39, 0.29) is 11.3 Å². The van der Waals surface area contributed by atoms with Crippen molar-refractivity contribution < 1.29 is 9.90 Å². The third-order valence-corrected chi connectivity index (χ3v) is 9.81. The van der Waals surface area contributed by atoms with E-state index in [0.29, 0.717) is 5.92 Å². The highest BCUT2D eigenvalue weighted by Gasteiger charge is 2.71. The molecule has 5 fully saturated rings. The zero-order chi connectivity index (χ0) is 17.3. The van der Waals surface area contributed by atoms with Gasteiger partial charge >= 0.3 is 5.97 Å². The lowest BCUT2D eigenvalue weighted by atomic mass is 9.48. The molecule has 0 bridgehead atoms. The second-order valence-electron chi connectivity index (χ2n) is 10.7. The van der Waals surface area contributed by atoms with Crippen LogP contribution in [0.5, 0.6) is 0 Å². The molecule has 2 nitrogen and oxygen atoms in total. The Morgan fingerprint density at radius 2 is 1.76 bits per heavy atom. The molecule has 5 rings (SSSR count). The highest BCUT2D eigenvalue weighted by Crippen LogP contribution is 2.74. The van der Waals surface area contributed by atoms with Crippen LogP contribution in [0.4, 0.5) is 0 Å². The van der Waals surface area contributed by atoms with Crippen LogP contribution in [0.3, 0.4) is 0 Å². The van der Waals surface area contributed by atoms with Gasteiger partial charge in [0.1, 0.15) is 0 Å². The summed E-state index contributed by atoms with van der Waals surface area (Å²) >= 11 is 0. The largest absolute Gasteiger partial charge is 0.481 e. The van der Waals surface area contributed by atoms with Gasteiger partial charge in [0.15, 0.2) is 0 Å². The number of hydrogen-bond donors (Lipinski definition) is 1. The minimum atomic E-state index is -0.482. The standard InChI is InChI=1S/C23H36O2/c1-3-4-13-5-7-15-14(11-13)6-8-17-16(15)9-10-23(2)20(17)18-12-19(18)21(23)22(24)25/h13-21H,3-12H2,1-2H3,(H,24,25). The van der Waals surface area contributed by atoms with Crippen LogP contribution in [0, 0.1) is 58.7 Å². The minimum Gasteiger partial charge on any atom is -0.481 e. The van der Waals surface area contributed by atoms with E-state index in [1.165, 1.54) is 64.2 Å². The zero-order valence-corrected chi connectivity index (χ0v) is 16.1. The average molecular weight is 345 g/mol. The quantitative estimate of drug-likeness (QED) is 0.722. The van der Waals surface area contributed by atoms with Crippen molar-refractivity contribution in [2.24, 2.45) is 58.7 Å². The van der Waals surface area contributed by atoms with Crippen molar-refractivity contribution in [1.29, 1.82) is 0 Å². The van der Waals surface area contributed by atoms with Crippen LogP contribution >= 0.6 is 0 Å². The van der Waals surface area contributed by atoms with E-state index in [1.54, 1.807) is 0 Å². The van der Waals surface area contributed by atoms with Gasteiger partial charge in [-0.2, -0.15) is 0 Å². The molecule has 5 aliphatic carbocycles. The molecule has 0 aliphatic heterocycles. The molecular weight excluding hydrogens is 308 g/mol. The van der Waals surface area contributed by atoms with E-state index in [0.717, 1.165) is 41.4 Å². The fourth-order valence-electron chi connectivity index (χ4n) is 9.05. The average Bonchev–Trinajstić information content (AvgIpc) is 3.28. The van der Waals surface area contributed by atoms with Gasteiger partial charge in [-0.3, -0.25) is 4.79 Å². The third-order valence-electron chi connectivity index (χ3n) is 9.81. The first-order valence-corrected chi connectivity index (χ1v) is 11.3. The summed E-state index contributed by atoms with van der Waals surface area (Å²) in [6.07, 6.45) is 13.9. The van der Waals surface area contributed by atoms with Gasteiger partial charge in [-0.05, 0) is 97.7 Å². The van der Waals surface area contributed by atoms with Gasteiger partial charge in [-0.1, -0.05) is 33.1 Å². The van der Waals surface area contributed by atoms with Crippen LogP contribution in [0.25, 0.3) is 0 Å². The van der Waals surface area contributed by atoms with Crippen molar-refractivity contribution in [2.75, 3.05) is 0 Å². The van der Waals surface area contributed by atoms with Crippen molar-refractivity contribution in [3.8, 4) is 0 Å². The molecule has 0 amide bonds. The van der Waals surface area contributed by atoms with E-state index in [4.69, 9.17) is 0 Å². The maximum atomic E-state index is 12.0. The summed E-state index contributed by atoms with van der Waals surface area (Å²) in [5.74, 6) is 6.33. The van der Waals surface area contributed by atoms with Crippen molar-refractivity contribution in [3.05, 3.63) is 0 Å². The van der Waals surface area contributed by atoms with Crippen molar-refractivity contribution in [3.63, 3.8) is 0 Å². The number of fused-ring (bicyclic) bond motifs is 7. The summed E-state index contributed by atoms with van der Waals surface area (Å²) in [5.41, 5.74) is 0.118. The maximum absolute atomic E-state index is 12.0. The van der Waals surface area contributed by atoms with Crippen LogP contribution in [-0.4, -0.2) is 11.1 Å². The molecule has 5 aliphatic rings. The molecule has 25 heavy (non-hydrogen) atoms. The Kier molecular flexibility index (Phi) is 3.81. The number of aliphatic carboxylic acids is 1. The normalized spacial score (nSPS) is 56.3. The Morgan fingerprint density at radius 3 is 2.52 bits per heavy atom. The van der Waals surface area contributed by atoms with Gasteiger partial charge < -0.3 is 5.11 Å². The van der Waals surface area contributed by atoms with Gasteiger partial charge in [0.25, 0.3) is 0 Å². The van der Waals surface area contributed by atoms with Gasteiger partial charge in [0, 0.05) is 0 Å². The second kappa shape index (κ2) is 5.73. The van der Waals surface area contributed by atoms with Gasteiger partial charge in [0.05, 0.1) is 5.92 Å². The number of hydrogen-bond acceptors (Lipinski definition) is 1.